The summed E-state index contributed by atoms with van der Waals surface area (Å²) in [5.74, 6) is 2.65. The van der Waals surface area contributed by atoms with E-state index in [0.29, 0.717) is 6.61 Å². The second kappa shape index (κ2) is 8.71. The molecule has 0 bridgehead atoms. The molecule has 1 aromatic carbocycles. The smallest absolute Gasteiger partial charge is 0.123 e. The highest BCUT2D eigenvalue weighted by Gasteiger charge is 2.24. The SMILES string of the molecule is CC(N)(CCCOc1ccc2c(c1)CCC(CN1CCCC1)C2)c1ccco1. The fraction of sp³-hybridized carbons (Fsp3) is 0.583. The zero-order chi connectivity index (χ0) is 19.4. The van der Waals surface area contributed by atoms with E-state index in [1.807, 2.05) is 19.1 Å². The first-order valence-electron chi connectivity index (χ1n) is 10.9. The van der Waals surface area contributed by atoms with E-state index in [4.69, 9.17) is 14.9 Å². The van der Waals surface area contributed by atoms with E-state index in [2.05, 4.69) is 23.1 Å². The van der Waals surface area contributed by atoms with Crippen molar-refractivity contribution in [1.29, 1.82) is 0 Å². The number of benzene rings is 1. The van der Waals surface area contributed by atoms with Crippen molar-refractivity contribution in [3.8, 4) is 5.75 Å². The van der Waals surface area contributed by atoms with Gasteiger partial charge in [0.1, 0.15) is 11.5 Å². The number of fused-ring (bicyclic) bond motifs is 1. The minimum Gasteiger partial charge on any atom is -0.494 e. The number of likely N-dealkylation sites (tertiary alicyclic amines) is 1. The van der Waals surface area contributed by atoms with E-state index in [9.17, 15) is 0 Å². The van der Waals surface area contributed by atoms with Gasteiger partial charge in [0.2, 0.25) is 0 Å². The van der Waals surface area contributed by atoms with Crippen LogP contribution in [0.4, 0.5) is 0 Å². The third kappa shape index (κ3) is 4.79. The van der Waals surface area contributed by atoms with Crippen LogP contribution >= 0.6 is 0 Å². The average Bonchev–Trinajstić information content (AvgIpc) is 3.39. The molecule has 0 amide bonds. The third-order valence-electron chi connectivity index (χ3n) is 6.42. The summed E-state index contributed by atoms with van der Waals surface area (Å²) < 4.78 is 11.5. The number of hydrogen-bond acceptors (Lipinski definition) is 4. The molecule has 1 aliphatic heterocycles. The van der Waals surface area contributed by atoms with Crippen molar-refractivity contribution in [3.63, 3.8) is 0 Å². The van der Waals surface area contributed by atoms with Gasteiger partial charge in [0.25, 0.3) is 0 Å². The van der Waals surface area contributed by atoms with Crippen LogP contribution in [0.25, 0.3) is 0 Å². The van der Waals surface area contributed by atoms with Crippen molar-refractivity contribution in [1.82, 2.24) is 4.90 Å². The first-order chi connectivity index (χ1) is 13.6. The summed E-state index contributed by atoms with van der Waals surface area (Å²) in [4.78, 5) is 2.65. The zero-order valence-electron chi connectivity index (χ0n) is 17.2. The van der Waals surface area contributed by atoms with Crippen LogP contribution in [0.1, 0.15) is 55.9 Å². The van der Waals surface area contributed by atoms with Crippen LogP contribution in [0.3, 0.4) is 0 Å². The van der Waals surface area contributed by atoms with Crippen LogP contribution in [0.5, 0.6) is 5.75 Å². The summed E-state index contributed by atoms with van der Waals surface area (Å²) >= 11 is 0. The third-order valence-corrected chi connectivity index (χ3v) is 6.42. The Morgan fingerprint density at radius 3 is 2.86 bits per heavy atom. The van der Waals surface area contributed by atoms with E-state index in [1.165, 1.54) is 62.9 Å². The summed E-state index contributed by atoms with van der Waals surface area (Å²) in [5, 5.41) is 0. The molecule has 1 aliphatic carbocycles. The lowest BCUT2D eigenvalue weighted by Gasteiger charge is -2.28. The zero-order valence-corrected chi connectivity index (χ0v) is 17.2. The predicted molar refractivity (Wildman–Crippen MR) is 113 cm³/mol. The first-order valence-corrected chi connectivity index (χ1v) is 10.9. The maximum absolute atomic E-state index is 6.37. The van der Waals surface area contributed by atoms with E-state index in [-0.39, 0.29) is 0 Å². The van der Waals surface area contributed by atoms with Crippen LogP contribution in [-0.4, -0.2) is 31.1 Å². The van der Waals surface area contributed by atoms with Crippen LogP contribution in [-0.2, 0) is 18.4 Å². The number of ether oxygens (including phenoxy) is 1. The second-order valence-electron chi connectivity index (χ2n) is 8.89. The fourth-order valence-electron chi connectivity index (χ4n) is 4.74. The molecule has 4 rings (SSSR count). The fourth-order valence-corrected chi connectivity index (χ4v) is 4.74. The molecule has 4 heteroatoms. The van der Waals surface area contributed by atoms with Gasteiger partial charge in [-0.1, -0.05) is 6.07 Å². The van der Waals surface area contributed by atoms with Crippen molar-refractivity contribution >= 4 is 0 Å². The van der Waals surface area contributed by atoms with E-state index in [0.717, 1.165) is 30.3 Å². The highest BCUT2D eigenvalue weighted by atomic mass is 16.5. The minimum atomic E-state index is -0.437. The van der Waals surface area contributed by atoms with Gasteiger partial charge in [0, 0.05) is 6.54 Å². The predicted octanol–water partition coefficient (Wildman–Crippen LogP) is 4.51. The standard InChI is InChI=1S/C24H34N2O2/c1-24(25,23-6-4-14-28-23)11-5-15-27-22-10-9-20-16-19(7-8-21(20)17-22)18-26-12-2-3-13-26/h4,6,9-10,14,17,19H,2-3,5,7-8,11-13,15-16,18,25H2,1H3. The van der Waals surface area contributed by atoms with Gasteiger partial charge in [-0.15, -0.1) is 0 Å². The Hall–Kier alpha value is -1.78. The van der Waals surface area contributed by atoms with Crippen molar-refractivity contribution < 1.29 is 9.15 Å². The highest BCUT2D eigenvalue weighted by Crippen LogP contribution is 2.30. The Morgan fingerprint density at radius 1 is 1.21 bits per heavy atom. The van der Waals surface area contributed by atoms with Gasteiger partial charge in [0.05, 0.1) is 18.4 Å². The Bertz CT molecular complexity index is 748. The van der Waals surface area contributed by atoms with Gasteiger partial charge >= 0.3 is 0 Å². The number of hydrogen-bond donors (Lipinski definition) is 1. The Kier molecular flexibility index (Phi) is 6.07. The molecule has 1 aromatic heterocycles. The average molecular weight is 383 g/mol. The molecule has 1 fully saturated rings. The molecule has 2 unspecified atom stereocenters. The summed E-state index contributed by atoms with van der Waals surface area (Å²) in [6.07, 6.45) is 9.91. The lowest BCUT2D eigenvalue weighted by molar-refractivity contribution is 0.260. The maximum Gasteiger partial charge on any atom is 0.123 e. The maximum atomic E-state index is 6.37. The van der Waals surface area contributed by atoms with Gasteiger partial charge in [0.15, 0.2) is 0 Å². The number of aryl methyl sites for hydroxylation is 1. The lowest BCUT2D eigenvalue weighted by atomic mass is 9.83. The Morgan fingerprint density at radius 2 is 2.07 bits per heavy atom. The molecule has 2 atom stereocenters. The molecule has 2 heterocycles. The van der Waals surface area contributed by atoms with Crippen LogP contribution < -0.4 is 10.5 Å². The Labute approximate surface area is 169 Å². The second-order valence-corrected chi connectivity index (χ2v) is 8.89. The van der Waals surface area contributed by atoms with Crippen molar-refractivity contribution in [3.05, 3.63) is 53.5 Å². The number of nitrogens with zero attached hydrogens (tertiary/aromatic N) is 1. The number of nitrogens with two attached hydrogens (primary N) is 1. The van der Waals surface area contributed by atoms with Gasteiger partial charge in [-0.2, -0.15) is 0 Å². The molecule has 0 radical (unpaired) electrons. The summed E-state index contributed by atoms with van der Waals surface area (Å²) in [5.41, 5.74) is 8.94. The van der Waals surface area contributed by atoms with Crippen LogP contribution in [0.15, 0.2) is 41.0 Å². The molecule has 152 valence electrons. The molecule has 2 aromatic rings. The molecule has 2 N–H and O–H groups in total. The van der Waals surface area contributed by atoms with Gasteiger partial charge in [-0.25, -0.2) is 0 Å². The summed E-state index contributed by atoms with van der Waals surface area (Å²) in [6.45, 7) is 6.59. The summed E-state index contributed by atoms with van der Waals surface area (Å²) in [7, 11) is 0. The molecular formula is C24H34N2O2. The molecule has 1 saturated heterocycles. The Balaban J connectivity index is 1.24. The summed E-state index contributed by atoms with van der Waals surface area (Å²) in [6, 6.07) is 10.5. The van der Waals surface area contributed by atoms with Gasteiger partial charge < -0.3 is 19.8 Å². The molecule has 0 spiro atoms. The van der Waals surface area contributed by atoms with Crippen molar-refractivity contribution in [2.45, 2.75) is 57.4 Å². The number of furan rings is 1. The number of rotatable bonds is 8. The van der Waals surface area contributed by atoms with Crippen LogP contribution in [0.2, 0.25) is 0 Å². The quantitative estimate of drug-likeness (QED) is 0.682. The monoisotopic (exact) mass is 382 g/mol. The normalized spacial score (nSPS) is 22.0. The lowest BCUT2D eigenvalue weighted by Crippen LogP contribution is -2.32. The van der Waals surface area contributed by atoms with E-state index in [1.54, 1.807) is 6.26 Å². The molecule has 28 heavy (non-hydrogen) atoms. The van der Waals surface area contributed by atoms with E-state index >= 15 is 0 Å². The molecular weight excluding hydrogens is 348 g/mol. The van der Waals surface area contributed by atoms with E-state index < -0.39 is 5.54 Å². The molecule has 2 aliphatic rings. The first kappa shape index (κ1) is 19.5. The highest BCUT2D eigenvalue weighted by molar-refractivity contribution is 5.37. The topological polar surface area (TPSA) is 51.6 Å². The minimum absolute atomic E-state index is 0.437. The largest absolute Gasteiger partial charge is 0.494 e. The van der Waals surface area contributed by atoms with Gasteiger partial charge in [-0.05, 0) is 106 Å². The van der Waals surface area contributed by atoms with Crippen LogP contribution in [0, 0.1) is 5.92 Å². The van der Waals surface area contributed by atoms with Crippen molar-refractivity contribution in [2.75, 3.05) is 26.2 Å². The molecule has 4 nitrogen and oxygen atoms in total. The van der Waals surface area contributed by atoms with Gasteiger partial charge in [-0.3, -0.25) is 0 Å². The molecule has 0 saturated carbocycles. The van der Waals surface area contributed by atoms with Crippen molar-refractivity contribution in [2.24, 2.45) is 11.7 Å².